The van der Waals surface area contributed by atoms with Crippen molar-refractivity contribution in [2.45, 2.75) is 335 Å². The van der Waals surface area contributed by atoms with Gasteiger partial charge in [0.1, 0.15) is 13.2 Å². The van der Waals surface area contributed by atoms with E-state index >= 15 is 0 Å². The van der Waals surface area contributed by atoms with E-state index in [2.05, 4.69) is 130 Å². The molecule has 0 aliphatic heterocycles. The summed E-state index contributed by atoms with van der Waals surface area (Å²) in [5.41, 5.74) is 0. The minimum atomic E-state index is -0.807. The maximum Gasteiger partial charge on any atom is 0.306 e. The summed E-state index contributed by atoms with van der Waals surface area (Å²) in [4.78, 5) is 38.1. The van der Waals surface area contributed by atoms with E-state index in [1.165, 1.54) is 186 Å². The van der Waals surface area contributed by atoms with E-state index in [0.29, 0.717) is 19.3 Å². The molecule has 0 fully saturated rings. The monoisotopic (exact) mass is 1120 g/mol. The van der Waals surface area contributed by atoms with Gasteiger partial charge in [-0.15, -0.1) is 0 Å². The Morgan fingerprint density at radius 2 is 0.494 bits per heavy atom. The van der Waals surface area contributed by atoms with E-state index < -0.39 is 6.10 Å². The van der Waals surface area contributed by atoms with Gasteiger partial charge in [0.25, 0.3) is 0 Å². The van der Waals surface area contributed by atoms with Crippen LogP contribution in [0.5, 0.6) is 0 Å². The molecule has 0 spiro atoms. The standard InChI is InChI=1S/C75H128O6/c1-4-7-10-13-16-18-20-22-24-26-28-30-32-33-34-35-36-37-38-39-40-41-43-44-46-48-50-52-54-56-59-62-65-68-74(77)80-71-72(70-79-73(76)67-64-61-58-15-12-9-6-3)81-75(78)69-66-63-60-57-55-53-51-49-47-45-42-31-29-27-25-23-21-19-17-14-11-8-5-2/h8,11,17,19-20,22-23,25-26,28-29,31,45,47,51,53,57,60,72H,4-7,9-10,12-16,18,21,24,27,30,32-44,46,48-50,52,54-56,58-59,61-71H2,1-3H3/b11-8-,19-17-,22-20-,25-23-,28-26-,31-29-,47-45-,53-51-,60-57-. The number of carbonyl (C=O) groups is 3. The third kappa shape index (κ3) is 66.8. The van der Waals surface area contributed by atoms with Crippen molar-refractivity contribution in [3.63, 3.8) is 0 Å². The number of allylic oxidation sites excluding steroid dienone is 18. The van der Waals surface area contributed by atoms with Crippen LogP contribution in [0.15, 0.2) is 109 Å². The Kier molecular flexibility index (Phi) is 65.2. The predicted octanol–water partition coefficient (Wildman–Crippen LogP) is 23.8. The number of hydrogen-bond acceptors (Lipinski definition) is 6. The third-order valence-corrected chi connectivity index (χ3v) is 14.8. The Balaban J connectivity index is 4.11. The zero-order chi connectivity index (χ0) is 58.5. The SMILES string of the molecule is CC/C=C\C/C=C\C/C=C\C/C=C\C/C=C\C/C=C\C/C=C\CCCC(=O)OC(COC(=O)CCCCCCCCC)COC(=O)CCCCCCCCCCCCCCCCCCCCCCC/C=C\C/C=C\CCCCCCC. The van der Waals surface area contributed by atoms with Crippen LogP contribution in [0.25, 0.3) is 0 Å². The molecule has 0 bridgehead atoms. The van der Waals surface area contributed by atoms with Gasteiger partial charge in [-0.3, -0.25) is 14.4 Å². The van der Waals surface area contributed by atoms with Crippen LogP contribution < -0.4 is 0 Å². The van der Waals surface area contributed by atoms with Crippen molar-refractivity contribution in [1.82, 2.24) is 0 Å². The smallest absolute Gasteiger partial charge is 0.306 e. The highest BCUT2D eigenvalue weighted by Crippen LogP contribution is 2.17. The Bertz CT molecular complexity index is 1620. The molecule has 0 aliphatic rings. The lowest BCUT2D eigenvalue weighted by atomic mass is 10.0. The molecule has 6 nitrogen and oxygen atoms in total. The van der Waals surface area contributed by atoms with Crippen molar-refractivity contribution in [2.75, 3.05) is 13.2 Å². The Morgan fingerprint density at radius 3 is 0.790 bits per heavy atom. The van der Waals surface area contributed by atoms with E-state index in [1.54, 1.807) is 0 Å². The zero-order valence-corrected chi connectivity index (χ0v) is 53.3. The Hall–Kier alpha value is -3.93. The predicted molar refractivity (Wildman–Crippen MR) is 353 cm³/mol. The van der Waals surface area contributed by atoms with Gasteiger partial charge in [0.2, 0.25) is 0 Å². The van der Waals surface area contributed by atoms with Gasteiger partial charge in [0.15, 0.2) is 6.10 Å². The molecule has 1 atom stereocenters. The number of ether oxygens (including phenoxy) is 3. The molecule has 0 aromatic heterocycles. The van der Waals surface area contributed by atoms with Crippen LogP contribution in [-0.2, 0) is 28.6 Å². The zero-order valence-electron chi connectivity index (χ0n) is 53.3. The lowest BCUT2D eigenvalue weighted by Gasteiger charge is -2.18. The first kappa shape index (κ1) is 77.1. The van der Waals surface area contributed by atoms with Crippen LogP contribution in [-0.4, -0.2) is 37.2 Å². The molecule has 1 unspecified atom stereocenters. The molecule has 0 aromatic rings. The van der Waals surface area contributed by atoms with E-state index in [0.717, 1.165) is 96.3 Å². The lowest BCUT2D eigenvalue weighted by molar-refractivity contribution is -0.167. The first-order valence-corrected chi connectivity index (χ1v) is 34.4. The number of rotatable bonds is 62. The Labute approximate surface area is 501 Å². The molecule has 0 radical (unpaired) electrons. The van der Waals surface area contributed by atoms with Crippen molar-refractivity contribution in [2.24, 2.45) is 0 Å². The highest BCUT2D eigenvalue weighted by molar-refractivity contribution is 5.71. The summed E-state index contributed by atoms with van der Waals surface area (Å²) >= 11 is 0. The minimum absolute atomic E-state index is 0.0988. The van der Waals surface area contributed by atoms with Gasteiger partial charge in [-0.05, 0) is 103 Å². The van der Waals surface area contributed by atoms with Gasteiger partial charge in [-0.25, -0.2) is 0 Å². The first-order valence-electron chi connectivity index (χ1n) is 34.4. The quantitative estimate of drug-likeness (QED) is 0.0261. The summed E-state index contributed by atoms with van der Waals surface area (Å²) in [5, 5.41) is 0. The van der Waals surface area contributed by atoms with E-state index in [-0.39, 0.29) is 37.5 Å². The molecule has 0 heterocycles. The van der Waals surface area contributed by atoms with Gasteiger partial charge in [-0.2, -0.15) is 0 Å². The van der Waals surface area contributed by atoms with Crippen LogP contribution >= 0.6 is 0 Å². The van der Waals surface area contributed by atoms with Crippen LogP contribution in [0.4, 0.5) is 0 Å². The summed E-state index contributed by atoms with van der Waals surface area (Å²) in [6, 6.07) is 0. The van der Waals surface area contributed by atoms with Crippen LogP contribution in [0, 0.1) is 0 Å². The second kappa shape index (κ2) is 68.6. The summed E-state index contributed by atoms with van der Waals surface area (Å²) < 4.78 is 16.8. The molecular weight excluding hydrogens is 997 g/mol. The fourth-order valence-electron chi connectivity index (χ4n) is 9.64. The molecule has 0 rings (SSSR count). The van der Waals surface area contributed by atoms with Crippen molar-refractivity contribution in [1.29, 1.82) is 0 Å². The van der Waals surface area contributed by atoms with Gasteiger partial charge >= 0.3 is 17.9 Å². The first-order chi connectivity index (χ1) is 40.0. The largest absolute Gasteiger partial charge is 0.462 e. The second-order valence-corrected chi connectivity index (χ2v) is 22.7. The van der Waals surface area contributed by atoms with Crippen LogP contribution in [0.3, 0.4) is 0 Å². The maximum absolute atomic E-state index is 12.8. The molecule has 0 saturated carbocycles. The van der Waals surface area contributed by atoms with Crippen molar-refractivity contribution >= 4 is 17.9 Å². The Morgan fingerprint density at radius 1 is 0.259 bits per heavy atom. The highest BCUT2D eigenvalue weighted by Gasteiger charge is 2.19. The summed E-state index contributed by atoms with van der Waals surface area (Å²) in [6.45, 7) is 6.45. The van der Waals surface area contributed by atoms with Crippen molar-refractivity contribution in [3.8, 4) is 0 Å². The topological polar surface area (TPSA) is 78.9 Å². The summed E-state index contributed by atoms with van der Waals surface area (Å²) in [5.74, 6) is -0.957. The summed E-state index contributed by atoms with van der Waals surface area (Å²) in [6.07, 6.45) is 94.4. The van der Waals surface area contributed by atoms with Gasteiger partial charge in [0.05, 0.1) is 0 Å². The van der Waals surface area contributed by atoms with Gasteiger partial charge < -0.3 is 14.2 Å². The van der Waals surface area contributed by atoms with Gasteiger partial charge in [0, 0.05) is 19.3 Å². The molecule has 464 valence electrons. The normalized spacial score (nSPS) is 12.8. The molecule has 0 saturated heterocycles. The second-order valence-electron chi connectivity index (χ2n) is 22.7. The molecular formula is C75H128O6. The average Bonchev–Trinajstić information content (AvgIpc) is 3.46. The number of unbranched alkanes of at least 4 members (excludes halogenated alkanes) is 33. The van der Waals surface area contributed by atoms with E-state index in [4.69, 9.17) is 14.2 Å². The lowest BCUT2D eigenvalue weighted by Crippen LogP contribution is -2.30. The molecule has 81 heavy (non-hydrogen) atoms. The van der Waals surface area contributed by atoms with Crippen molar-refractivity contribution < 1.29 is 28.6 Å². The number of carbonyl (C=O) groups excluding carboxylic acids is 3. The highest BCUT2D eigenvalue weighted by atomic mass is 16.6. The molecule has 0 N–H and O–H groups in total. The summed E-state index contributed by atoms with van der Waals surface area (Å²) in [7, 11) is 0. The fraction of sp³-hybridized carbons (Fsp3) is 0.720. The molecule has 6 heteroatoms. The number of hydrogen-bond donors (Lipinski definition) is 0. The minimum Gasteiger partial charge on any atom is -0.462 e. The van der Waals surface area contributed by atoms with Crippen LogP contribution in [0.1, 0.15) is 329 Å². The maximum atomic E-state index is 12.8. The van der Waals surface area contributed by atoms with Crippen molar-refractivity contribution in [3.05, 3.63) is 109 Å². The van der Waals surface area contributed by atoms with Gasteiger partial charge in [-0.1, -0.05) is 316 Å². The fourth-order valence-corrected chi connectivity index (χ4v) is 9.64. The van der Waals surface area contributed by atoms with E-state index in [9.17, 15) is 14.4 Å². The average molecular weight is 1130 g/mol. The third-order valence-electron chi connectivity index (χ3n) is 14.8. The molecule has 0 aliphatic carbocycles. The van der Waals surface area contributed by atoms with Crippen LogP contribution in [0.2, 0.25) is 0 Å². The molecule has 0 aromatic carbocycles. The van der Waals surface area contributed by atoms with E-state index in [1.807, 2.05) is 0 Å². The molecule has 0 amide bonds. The number of esters is 3.